The van der Waals surface area contributed by atoms with Gasteiger partial charge in [0.1, 0.15) is 23.4 Å². The Morgan fingerprint density at radius 3 is 3.05 bits per heavy atom. The van der Waals surface area contributed by atoms with Crippen LogP contribution in [0.15, 0.2) is 29.3 Å². The van der Waals surface area contributed by atoms with Crippen LogP contribution in [0.4, 0.5) is 4.39 Å². The zero-order chi connectivity index (χ0) is 15.3. The third kappa shape index (κ3) is 2.14. The predicted octanol–water partition coefficient (Wildman–Crippen LogP) is 1.30. The first kappa shape index (κ1) is 13.0. The lowest BCUT2D eigenvalue weighted by Crippen LogP contribution is -2.33. The second-order valence-electron chi connectivity index (χ2n) is 5.56. The van der Waals surface area contributed by atoms with E-state index in [1.165, 1.54) is 23.0 Å². The van der Waals surface area contributed by atoms with Crippen LogP contribution >= 0.6 is 0 Å². The lowest BCUT2D eigenvalue weighted by Gasteiger charge is -2.05. The van der Waals surface area contributed by atoms with E-state index in [0.717, 1.165) is 12.8 Å². The van der Waals surface area contributed by atoms with Gasteiger partial charge < -0.3 is 10.3 Å². The Kier molecular flexibility index (Phi) is 2.75. The Bertz CT molecular complexity index is 955. The molecule has 3 aromatic rings. The van der Waals surface area contributed by atoms with E-state index in [9.17, 15) is 14.0 Å². The molecule has 7 heteroatoms. The molecule has 0 spiro atoms. The van der Waals surface area contributed by atoms with Crippen LogP contribution in [0.2, 0.25) is 0 Å². The molecule has 6 nitrogen and oxygen atoms in total. The number of amides is 1. The molecule has 1 aliphatic carbocycles. The quantitative estimate of drug-likeness (QED) is 0.765. The minimum Gasteiger partial charge on any atom is -0.352 e. The van der Waals surface area contributed by atoms with Crippen molar-refractivity contribution in [3.8, 4) is 0 Å². The highest BCUT2D eigenvalue weighted by Gasteiger charge is 2.23. The maximum absolute atomic E-state index is 13.3. The van der Waals surface area contributed by atoms with E-state index in [1.807, 2.05) is 0 Å². The number of aromatic amines is 1. The highest BCUT2D eigenvalue weighted by molar-refractivity contribution is 6.04. The molecular formula is C15H13FN4O2. The van der Waals surface area contributed by atoms with Crippen LogP contribution in [-0.2, 0) is 11.3 Å². The first-order chi connectivity index (χ1) is 10.6. The summed E-state index contributed by atoms with van der Waals surface area (Å²) < 4.78 is 14.6. The van der Waals surface area contributed by atoms with Gasteiger partial charge in [0.2, 0.25) is 5.91 Å². The van der Waals surface area contributed by atoms with E-state index in [-0.39, 0.29) is 35.4 Å². The van der Waals surface area contributed by atoms with Crippen LogP contribution in [0.3, 0.4) is 0 Å². The Morgan fingerprint density at radius 1 is 1.45 bits per heavy atom. The molecule has 0 bridgehead atoms. The van der Waals surface area contributed by atoms with Crippen molar-refractivity contribution in [3.05, 3.63) is 40.7 Å². The first-order valence-electron chi connectivity index (χ1n) is 7.07. The molecule has 4 rings (SSSR count). The summed E-state index contributed by atoms with van der Waals surface area (Å²) in [6.45, 7) is -0.0675. The summed E-state index contributed by atoms with van der Waals surface area (Å²) >= 11 is 0. The number of benzene rings is 1. The molecule has 22 heavy (non-hydrogen) atoms. The maximum Gasteiger partial charge on any atom is 0.278 e. The summed E-state index contributed by atoms with van der Waals surface area (Å²) in [6.07, 6.45) is 3.31. The number of carbonyl (C=O) groups is 1. The lowest BCUT2D eigenvalue weighted by molar-refractivity contribution is -0.121. The molecule has 0 radical (unpaired) electrons. The number of H-pyrrole nitrogens is 1. The third-order valence-corrected chi connectivity index (χ3v) is 3.79. The summed E-state index contributed by atoms with van der Waals surface area (Å²) in [5.74, 6) is -0.587. The molecule has 0 atom stereocenters. The van der Waals surface area contributed by atoms with Gasteiger partial charge in [-0.3, -0.25) is 14.2 Å². The number of fused-ring (bicyclic) bond motifs is 3. The molecule has 1 amide bonds. The first-order valence-corrected chi connectivity index (χ1v) is 7.07. The zero-order valence-electron chi connectivity index (χ0n) is 11.6. The maximum atomic E-state index is 13.3. The van der Waals surface area contributed by atoms with Crippen molar-refractivity contribution in [2.24, 2.45) is 0 Å². The number of rotatable bonds is 3. The minimum absolute atomic E-state index is 0.0675. The molecule has 0 unspecified atom stereocenters. The van der Waals surface area contributed by atoms with Gasteiger partial charge in [-0.25, -0.2) is 9.37 Å². The fourth-order valence-corrected chi connectivity index (χ4v) is 2.53. The van der Waals surface area contributed by atoms with Gasteiger partial charge in [0.25, 0.3) is 5.56 Å². The van der Waals surface area contributed by atoms with E-state index in [2.05, 4.69) is 15.3 Å². The highest BCUT2D eigenvalue weighted by Crippen LogP contribution is 2.22. The van der Waals surface area contributed by atoms with Crippen molar-refractivity contribution in [1.82, 2.24) is 19.9 Å². The number of hydrogen-bond acceptors (Lipinski definition) is 3. The monoisotopic (exact) mass is 300 g/mol. The van der Waals surface area contributed by atoms with Crippen molar-refractivity contribution in [3.63, 3.8) is 0 Å². The fourth-order valence-electron chi connectivity index (χ4n) is 2.53. The second-order valence-corrected chi connectivity index (χ2v) is 5.56. The Labute approximate surface area is 124 Å². The van der Waals surface area contributed by atoms with Gasteiger partial charge in [0, 0.05) is 16.9 Å². The molecule has 2 aromatic heterocycles. The summed E-state index contributed by atoms with van der Waals surface area (Å²) in [5, 5.41) is 3.38. The Morgan fingerprint density at radius 2 is 2.27 bits per heavy atom. The van der Waals surface area contributed by atoms with Crippen molar-refractivity contribution in [1.29, 1.82) is 0 Å². The van der Waals surface area contributed by atoms with Crippen molar-refractivity contribution in [2.75, 3.05) is 0 Å². The average molecular weight is 300 g/mol. The number of hydrogen-bond donors (Lipinski definition) is 2. The molecular weight excluding hydrogens is 287 g/mol. The van der Waals surface area contributed by atoms with Crippen LogP contribution in [0.25, 0.3) is 21.9 Å². The minimum atomic E-state index is -0.386. The second kappa shape index (κ2) is 4.66. The number of aromatic nitrogens is 3. The van der Waals surface area contributed by atoms with Gasteiger partial charge in [-0.1, -0.05) is 0 Å². The van der Waals surface area contributed by atoms with Gasteiger partial charge in [-0.05, 0) is 31.0 Å². The van der Waals surface area contributed by atoms with Crippen LogP contribution in [0, 0.1) is 5.82 Å². The average Bonchev–Trinajstić information content (AvgIpc) is 3.21. The SMILES string of the molecule is O=C(Cn1cnc2c([nH]c3ccc(F)cc32)c1=O)NC1CC1. The molecule has 2 N–H and O–H groups in total. The number of nitrogens with one attached hydrogen (secondary N) is 2. The molecule has 1 saturated carbocycles. The summed E-state index contributed by atoms with van der Waals surface area (Å²) in [6, 6.07) is 4.47. The zero-order valence-corrected chi connectivity index (χ0v) is 11.6. The highest BCUT2D eigenvalue weighted by atomic mass is 19.1. The van der Waals surface area contributed by atoms with Gasteiger partial charge in [0.05, 0.1) is 6.33 Å². The predicted molar refractivity (Wildman–Crippen MR) is 79.0 cm³/mol. The Balaban J connectivity index is 1.77. The number of nitrogens with zero attached hydrogens (tertiary/aromatic N) is 2. The van der Waals surface area contributed by atoms with Crippen LogP contribution in [-0.4, -0.2) is 26.5 Å². The van der Waals surface area contributed by atoms with Crippen LogP contribution in [0.5, 0.6) is 0 Å². The van der Waals surface area contributed by atoms with Crippen molar-refractivity contribution < 1.29 is 9.18 Å². The molecule has 1 fully saturated rings. The largest absolute Gasteiger partial charge is 0.352 e. The lowest BCUT2D eigenvalue weighted by atomic mass is 10.2. The van der Waals surface area contributed by atoms with E-state index in [0.29, 0.717) is 16.4 Å². The van der Waals surface area contributed by atoms with Crippen LogP contribution in [0.1, 0.15) is 12.8 Å². The van der Waals surface area contributed by atoms with E-state index in [1.54, 1.807) is 6.07 Å². The fraction of sp³-hybridized carbons (Fsp3) is 0.267. The van der Waals surface area contributed by atoms with E-state index in [4.69, 9.17) is 0 Å². The summed E-state index contributed by atoms with van der Waals surface area (Å²) in [4.78, 5) is 31.4. The van der Waals surface area contributed by atoms with Crippen molar-refractivity contribution >= 4 is 27.8 Å². The molecule has 0 aliphatic heterocycles. The topological polar surface area (TPSA) is 79.8 Å². The molecule has 2 heterocycles. The van der Waals surface area contributed by atoms with E-state index >= 15 is 0 Å². The van der Waals surface area contributed by atoms with Gasteiger partial charge >= 0.3 is 0 Å². The molecule has 1 aromatic carbocycles. The molecule has 1 aliphatic rings. The summed E-state index contributed by atoms with van der Waals surface area (Å²) in [5.41, 5.74) is 0.995. The summed E-state index contributed by atoms with van der Waals surface area (Å²) in [7, 11) is 0. The van der Waals surface area contributed by atoms with Gasteiger partial charge in [-0.2, -0.15) is 0 Å². The molecule has 112 valence electrons. The van der Waals surface area contributed by atoms with E-state index < -0.39 is 0 Å². The number of halogens is 1. The number of carbonyl (C=O) groups excluding carboxylic acids is 1. The van der Waals surface area contributed by atoms with Crippen LogP contribution < -0.4 is 10.9 Å². The van der Waals surface area contributed by atoms with Gasteiger partial charge in [0.15, 0.2) is 0 Å². The Hall–Kier alpha value is -2.70. The normalized spacial score (nSPS) is 14.6. The molecule has 0 saturated heterocycles. The third-order valence-electron chi connectivity index (χ3n) is 3.79. The standard InChI is InChI=1S/C15H13FN4O2/c16-8-1-4-11-10(5-8)13-14(19-11)15(22)20(7-17-13)6-12(21)18-9-2-3-9/h1,4-5,7,9,19H,2-3,6H2,(H,18,21). The van der Waals surface area contributed by atoms with Gasteiger partial charge in [-0.15, -0.1) is 0 Å². The van der Waals surface area contributed by atoms with Crippen molar-refractivity contribution in [2.45, 2.75) is 25.4 Å². The smallest absolute Gasteiger partial charge is 0.278 e.